The molecule has 1 rings (SSSR count). The molecule has 0 bridgehead atoms. The lowest BCUT2D eigenvalue weighted by molar-refractivity contribution is -0.0555. The topological polar surface area (TPSA) is 27.7 Å². The van der Waals surface area contributed by atoms with E-state index in [9.17, 15) is 0 Å². The first-order valence-corrected chi connectivity index (χ1v) is 6.23. The molecule has 0 saturated carbocycles. The van der Waals surface area contributed by atoms with Crippen molar-refractivity contribution in [1.82, 2.24) is 0 Å². The Morgan fingerprint density at radius 3 is 1.33 bits per heavy atom. The fraction of sp³-hybridized carbons (Fsp3) is 1.00. The Morgan fingerprint density at radius 1 is 0.400 bits per heavy atom. The molecule has 0 spiro atoms. The molecule has 0 N–H and O–H groups in total. The number of rotatable bonds is 0. The predicted molar refractivity (Wildman–Crippen MR) is 59.9 cm³/mol. The molecule has 1 aliphatic rings. The first-order chi connectivity index (χ1) is 7.50. The summed E-state index contributed by atoms with van der Waals surface area (Å²) in [5.41, 5.74) is 0. The highest BCUT2D eigenvalue weighted by Gasteiger charge is 1.95. The van der Waals surface area contributed by atoms with Gasteiger partial charge in [-0.05, 0) is 32.1 Å². The summed E-state index contributed by atoms with van der Waals surface area (Å²) in [5, 5.41) is 0. The summed E-state index contributed by atoms with van der Waals surface area (Å²) in [4.78, 5) is 0. The minimum Gasteiger partial charge on any atom is -0.381 e. The molecule has 3 nitrogen and oxygen atoms in total. The molecule has 15 heavy (non-hydrogen) atoms. The molecule has 1 saturated heterocycles. The standard InChI is InChI=1S/C12H24O3/c1-2-5-10-14-12-15-11-7-3-6-9-13-8-4-1/h1-12H2. The lowest BCUT2D eigenvalue weighted by Crippen LogP contribution is -2.03. The van der Waals surface area contributed by atoms with Crippen LogP contribution < -0.4 is 0 Å². The van der Waals surface area contributed by atoms with E-state index in [4.69, 9.17) is 14.2 Å². The van der Waals surface area contributed by atoms with Gasteiger partial charge in [-0.2, -0.15) is 0 Å². The Bertz CT molecular complexity index is 69.4. The maximum atomic E-state index is 5.54. The minimum atomic E-state index is 0.469. The molecule has 0 amide bonds. The van der Waals surface area contributed by atoms with Gasteiger partial charge in [-0.25, -0.2) is 0 Å². The second-order valence-corrected chi connectivity index (χ2v) is 4.02. The third-order valence-electron chi connectivity index (χ3n) is 2.57. The van der Waals surface area contributed by atoms with Gasteiger partial charge in [0.2, 0.25) is 0 Å². The van der Waals surface area contributed by atoms with Crippen LogP contribution in [0.25, 0.3) is 0 Å². The van der Waals surface area contributed by atoms with Gasteiger partial charge >= 0.3 is 0 Å². The van der Waals surface area contributed by atoms with Gasteiger partial charge in [0.25, 0.3) is 0 Å². The van der Waals surface area contributed by atoms with Crippen molar-refractivity contribution in [2.24, 2.45) is 0 Å². The van der Waals surface area contributed by atoms with E-state index >= 15 is 0 Å². The van der Waals surface area contributed by atoms with E-state index in [1.54, 1.807) is 0 Å². The summed E-state index contributed by atoms with van der Waals surface area (Å²) in [6.07, 6.45) is 8.30. The van der Waals surface area contributed by atoms with Crippen LogP contribution in [-0.4, -0.2) is 33.2 Å². The highest BCUT2D eigenvalue weighted by Crippen LogP contribution is 2.03. The van der Waals surface area contributed by atoms with Gasteiger partial charge in [-0.3, -0.25) is 0 Å². The van der Waals surface area contributed by atoms with Crippen molar-refractivity contribution in [1.29, 1.82) is 0 Å². The summed E-state index contributed by atoms with van der Waals surface area (Å²) in [7, 11) is 0. The Kier molecular flexibility index (Phi) is 8.98. The molecule has 0 radical (unpaired) electrons. The van der Waals surface area contributed by atoms with Crippen molar-refractivity contribution >= 4 is 0 Å². The highest BCUT2D eigenvalue weighted by atomic mass is 16.7. The van der Waals surface area contributed by atoms with E-state index in [1.807, 2.05) is 0 Å². The first kappa shape index (κ1) is 12.9. The van der Waals surface area contributed by atoms with Crippen LogP contribution in [0, 0.1) is 0 Å². The molecule has 3 heteroatoms. The van der Waals surface area contributed by atoms with Crippen molar-refractivity contribution in [3.05, 3.63) is 0 Å². The summed E-state index contributed by atoms with van der Waals surface area (Å²) in [6, 6.07) is 0. The average Bonchev–Trinajstić information content (AvgIpc) is 2.27. The molecule has 1 aliphatic heterocycles. The molecular weight excluding hydrogens is 192 g/mol. The highest BCUT2D eigenvalue weighted by molar-refractivity contribution is 4.44. The fourth-order valence-electron chi connectivity index (χ4n) is 1.63. The van der Waals surface area contributed by atoms with Crippen molar-refractivity contribution in [2.75, 3.05) is 33.2 Å². The van der Waals surface area contributed by atoms with Crippen LogP contribution >= 0.6 is 0 Å². The van der Waals surface area contributed by atoms with Gasteiger partial charge in [0.1, 0.15) is 6.79 Å². The Morgan fingerprint density at radius 2 is 0.800 bits per heavy atom. The molecular formula is C12H24O3. The van der Waals surface area contributed by atoms with Crippen LogP contribution in [-0.2, 0) is 14.2 Å². The lowest BCUT2D eigenvalue weighted by Gasteiger charge is -2.04. The fourth-order valence-corrected chi connectivity index (χ4v) is 1.63. The zero-order valence-electron chi connectivity index (χ0n) is 9.71. The van der Waals surface area contributed by atoms with E-state index in [2.05, 4.69) is 0 Å². The zero-order valence-corrected chi connectivity index (χ0v) is 9.71. The van der Waals surface area contributed by atoms with Gasteiger partial charge < -0.3 is 14.2 Å². The quantitative estimate of drug-likeness (QED) is 0.623. The normalized spacial score (nSPS) is 24.0. The van der Waals surface area contributed by atoms with Crippen molar-refractivity contribution < 1.29 is 14.2 Å². The molecule has 1 heterocycles. The van der Waals surface area contributed by atoms with Crippen molar-refractivity contribution in [3.8, 4) is 0 Å². The molecule has 0 atom stereocenters. The van der Waals surface area contributed by atoms with E-state index in [0.29, 0.717) is 6.79 Å². The molecule has 90 valence electrons. The number of hydrogen-bond donors (Lipinski definition) is 0. The largest absolute Gasteiger partial charge is 0.381 e. The van der Waals surface area contributed by atoms with E-state index in [0.717, 1.165) is 45.7 Å². The second-order valence-electron chi connectivity index (χ2n) is 4.02. The van der Waals surface area contributed by atoms with Gasteiger partial charge in [0.15, 0.2) is 0 Å². The SMILES string of the molecule is C1CCCOCOCCCCCOCC1. The number of ether oxygens (including phenoxy) is 3. The third-order valence-corrected chi connectivity index (χ3v) is 2.57. The van der Waals surface area contributed by atoms with Crippen LogP contribution in [0.4, 0.5) is 0 Å². The van der Waals surface area contributed by atoms with Gasteiger partial charge in [-0.15, -0.1) is 0 Å². The maximum Gasteiger partial charge on any atom is 0.146 e. The molecule has 0 aromatic carbocycles. The Labute approximate surface area is 93.1 Å². The summed E-state index contributed by atoms with van der Waals surface area (Å²) in [5.74, 6) is 0. The Balaban J connectivity index is 2.01. The lowest BCUT2D eigenvalue weighted by atomic mass is 10.2. The second kappa shape index (κ2) is 10.4. The molecule has 0 unspecified atom stereocenters. The summed E-state index contributed by atoms with van der Waals surface area (Å²) < 4.78 is 16.2. The average molecular weight is 216 g/mol. The van der Waals surface area contributed by atoms with Crippen LogP contribution in [0.2, 0.25) is 0 Å². The van der Waals surface area contributed by atoms with Crippen LogP contribution in [0.1, 0.15) is 44.9 Å². The molecule has 1 fully saturated rings. The van der Waals surface area contributed by atoms with E-state index < -0.39 is 0 Å². The minimum absolute atomic E-state index is 0.469. The van der Waals surface area contributed by atoms with Gasteiger partial charge in [0.05, 0.1) is 0 Å². The smallest absolute Gasteiger partial charge is 0.146 e. The maximum absolute atomic E-state index is 5.54. The van der Waals surface area contributed by atoms with Crippen LogP contribution in [0.5, 0.6) is 0 Å². The molecule has 0 aromatic heterocycles. The van der Waals surface area contributed by atoms with Crippen LogP contribution in [0.3, 0.4) is 0 Å². The monoisotopic (exact) mass is 216 g/mol. The van der Waals surface area contributed by atoms with E-state index in [-0.39, 0.29) is 0 Å². The van der Waals surface area contributed by atoms with Gasteiger partial charge in [0, 0.05) is 26.4 Å². The first-order valence-electron chi connectivity index (χ1n) is 6.23. The predicted octanol–water partition coefficient (Wildman–Crippen LogP) is 2.74. The van der Waals surface area contributed by atoms with E-state index in [1.165, 1.54) is 25.7 Å². The van der Waals surface area contributed by atoms with Crippen molar-refractivity contribution in [3.63, 3.8) is 0 Å². The summed E-state index contributed by atoms with van der Waals surface area (Å²) in [6.45, 7) is 3.96. The van der Waals surface area contributed by atoms with Crippen molar-refractivity contribution in [2.45, 2.75) is 44.9 Å². The summed E-state index contributed by atoms with van der Waals surface area (Å²) >= 11 is 0. The number of hydrogen-bond acceptors (Lipinski definition) is 3. The van der Waals surface area contributed by atoms with Crippen LogP contribution in [0.15, 0.2) is 0 Å². The zero-order chi connectivity index (χ0) is 10.6. The molecule has 0 aliphatic carbocycles. The Hall–Kier alpha value is -0.120. The molecule has 0 aromatic rings. The van der Waals surface area contributed by atoms with Gasteiger partial charge in [-0.1, -0.05) is 12.8 Å². The third kappa shape index (κ3) is 8.85.